The summed E-state index contributed by atoms with van der Waals surface area (Å²) in [6, 6.07) is 19.1. The number of fused-ring (bicyclic) bond motifs is 2. The smallest absolute Gasteiger partial charge is 0.339 e. The minimum atomic E-state index is -0.472. The van der Waals surface area contributed by atoms with Crippen molar-refractivity contribution in [2.75, 3.05) is 6.61 Å². The van der Waals surface area contributed by atoms with Gasteiger partial charge in [-0.05, 0) is 59.6 Å². The SMILES string of the molecule is CCc1ccc(C(=O)COC(=O)c2c3c(nc4ccccc24)/C(=C/c2cccs2)CC3)cc1. The number of nitrogens with zero attached hydrogens (tertiary/aromatic N) is 1. The van der Waals surface area contributed by atoms with Crippen LogP contribution in [0.4, 0.5) is 0 Å². The number of rotatable bonds is 6. The molecule has 0 bridgehead atoms. The molecule has 1 aliphatic rings. The van der Waals surface area contributed by atoms with Gasteiger partial charge in [0.1, 0.15) is 0 Å². The maximum atomic E-state index is 13.3. The number of aromatic nitrogens is 1. The molecule has 0 amide bonds. The average molecular weight is 454 g/mol. The number of hydrogen-bond donors (Lipinski definition) is 0. The van der Waals surface area contributed by atoms with Gasteiger partial charge in [-0.3, -0.25) is 4.79 Å². The number of benzene rings is 2. The van der Waals surface area contributed by atoms with Gasteiger partial charge in [-0.1, -0.05) is 55.5 Å². The summed E-state index contributed by atoms with van der Waals surface area (Å²) in [4.78, 5) is 31.9. The number of ether oxygens (including phenoxy) is 1. The fraction of sp³-hybridized carbons (Fsp3) is 0.179. The topological polar surface area (TPSA) is 56.3 Å². The van der Waals surface area contributed by atoms with Crippen LogP contribution in [0.15, 0.2) is 66.0 Å². The lowest BCUT2D eigenvalue weighted by Crippen LogP contribution is -2.16. The van der Waals surface area contributed by atoms with Gasteiger partial charge in [-0.15, -0.1) is 11.3 Å². The van der Waals surface area contributed by atoms with E-state index in [2.05, 4.69) is 19.1 Å². The summed E-state index contributed by atoms with van der Waals surface area (Å²) in [6.45, 7) is 1.78. The summed E-state index contributed by atoms with van der Waals surface area (Å²) >= 11 is 1.68. The number of para-hydroxylation sites is 1. The standard InChI is InChI=1S/C28H23NO3S/c1-2-18-9-11-19(12-10-18)25(30)17-32-28(31)26-22-7-3-4-8-24(22)29-27-20(13-14-23(26)27)16-21-6-5-15-33-21/h3-12,15-16H,2,13-14,17H2,1H3/b20-16+. The van der Waals surface area contributed by atoms with E-state index in [4.69, 9.17) is 9.72 Å². The summed E-state index contributed by atoms with van der Waals surface area (Å²) in [7, 11) is 0. The molecule has 0 spiro atoms. The Labute approximate surface area is 196 Å². The van der Waals surface area contributed by atoms with E-state index in [-0.39, 0.29) is 12.4 Å². The second-order valence-corrected chi connectivity index (χ2v) is 9.05. The van der Waals surface area contributed by atoms with Gasteiger partial charge in [0.05, 0.1) is 16.8 Å². The van der Waals surface area contributed by atoms with E-state index in [0.29, 0.717) is 11.1 Å². The number of carbonyl (C=O) groups excluding carboxylic acids is 2. The number of allylic oxidation sites excluding steroid dienone is 1. The van der Waals surface area contributed by atoms with E-state index >= 15 is 0 Å². The van der Waals surface area contributed by atoms with E-state index in [0.717, 1.165) is 57.4 Å². The minimum Gasteiger partial charge on any atom is -0.454 e. The second kappa shape index (κ2) is 9.12. The predicted octanol–water partition coefficient (Wildman–Crippen LogP) is 6.39. The van der Waals surface area contributed by atoms with Crippen molar-refractivity contribution in [2.24, 2.45) is 0 Å². The molecule has 2 aromatic heterocycles. The molecule has 4 aromatic rings. The van der Waals surface area contributed by atoms with E-state index in [1.165, 1.54) is 0 Å². The van der Waals surface area contributed by atoms with Crippen molar-refractivity contribution >= 4 is 45.6 Å². The zero-order valence-corrected chi connectivity index (χ0v) is 19.2. The Kier molecular flexibility index (Phi) is 5.88. The molecule has 1 aliphatic carbocycles. The third-order valence-electron chi connectivity index (χ3n) is 6.02. The lowest BCUT2D eigenvalue weighted by Gasteiger charge is -2.12. The molecule has 0 radical (unpaired) electrons. The summed E-state index contributed by atoms with van der Waals surface area (Å²) in [5, 5.41) is 2.81. The monoisotopic (exact) mass is 453 g/mol. The van der Waals surface area contributed by atoms with Crippen molar-refractivity contribution in [3.8, 4) is 0 Å². The number of ketones is 1. The van der Waals surface area contributed by atoms with Crippen molar-refractivity contribution in [3.63, 3.8) is 0 Å². The third kappa shape index (κ3) is 4.24. The Hall–Kier alpha value is -3.57. The number of pyridine rings is 1. The van der Waals surface area contributed by atoms with Crippen LogP contribution in [-0.4, -0.2) is 23.3 Å². The quantitative estimate of drug-likeness (QED) is 0.251. The van der Waals surface area contributed by atoms with Crippen LogP contribution in [0.2, 0.25) is 0 Å². The van der Waals surface area contributed by atoms with Crippen molar-refractivity contribution in [1.29, 1.82) is 0 Å². The first kappa shape index (κ1) is 21.3. The number of aryl methyl sites for hydroxylation is 1. The first-order valence-electron chi connectivity index (χ1n) is 11.1. The molecule has 5 heteroatoms. The van der Waals surface area contributed by atoms with Gasteiger partial charge in [0.15, 0.2) is 12.4 Å². The van der Waals surface area contributed by atoms with Gasteiger partial charge >= 0.3 is 5.97 Å². The predicted molar refractivity (Wildman–Crippen MR) is 133 cm³/mol. The first-order chi connectivity index (χ1) is 16.1. The van der Waals surface area contributed by atoms with Crippen LogP contribution in [-0.2, 0) is 17.6 Å². The van der Waals surface area contributed by atoms with Crippen molar-refractivity contribution < 1.29 is 14.3 Å². The summed E-state index contributed by atoms with van der Waals surface area (Å²) in [5.74, 6) is -0.681. The molecule has 0 aliphatic heterocycles. The largest absolute Gasteiger partial charge is 0.454 e. The van der Waals surface area contributed by atoms with E-state index in [9.17, 15) is 9.59 Å². The summed E-state index contributed by atoms with van der Waals surface area (Å²) in [5.41, 5.74) is 5.87. The van der Waals surface area contributed by atoms with Crippen molar-refractivity contribution in [2.45, 2.75) is 26.2 Å². The molecule has 0 fully saturated rings. The molecular weight excluding hydrogens is 430 g/mol. The van der Waals surface area contributed by atoms with Gasteiger partial charge in [0.2, 0.25) is 0 Å². The number of carbonyl (C=O) groups is 2. The number of esters is 1. The number of Topliss-reactive ketones (excluding diaryl/α,β-unsaturated/α-hetero) is 1. The highest BCUT2D eigenvalue weighted by atomic mass is 32.1. The first-order valence-corrected chi connectivity index (χ1v) is 12.0. The van der Waals surface area contributed by atoms with Gasteiger partial charge < -0.3 is 4.74 Å². The van der Waals surface area contributed by atoms with E-state index in [1.54, 1.807) is 23.5 Å². The molecule has 164 valence electrons. The van der Waals surface area contributed by atoms with Crippen LogP contribution in [0, 0.1) is 0 Å². The molecular formula is C28H23NO3S. The van der Waals surface area contributed by atoms with Crippen molar-refractivity contribution in [1.82, 2.24) is 4.98 Å². The van der Waals surface area contributed by atoms with Gasteiger partial charge in [-0.25, -0.2) is 9.78 Å². The van der Waals surface area contributed by atoms with Crippen LogP contribution >= 0.6 is 11.3 Å². The van der Waals surface area contributed by atoms with Crippen molar-refractivity contribution in [3.05, 3.63) is 98.9 Å². The summed E-state index contributed by atoms with van der Waals surface area (Å²) < 4.78 is 5.54. The fourth-order valence-corrected chi connectivity index (χ4v) is 4.95. The Balaban J connectivity index is 1.46. The van der Waals surface area contributed by atoms with Gasteiger partial charge in [0.25, 0.3) is 0 Å². The Morgan fingerprint density at radius 3 is 2.61 bits per heavy atom. The molecule has 2 heterocycles. The minimum absolute atomic E-state index is 0.209. The third-order valence-corrected chi connectivity index (χ3v) is 6.84. The summed E-state index contributed by atoms with van der Waals surface area (Å²) in [6.07, 6.45) is 4.60. The maximum absolute atomic E-state index is 13.3. The molecule has 0 unspecified atom stereocenters. The maximum Gasteiger partial charge on any atom is 0.339 e. The number of thiophene rings is 1. The lowest BCUT2D eigenvalue weighted by atomic mass is 10.0. The molecule has 0 saturated carbocycles. The van der Waals surface area contributed by atoms with E-state index < -0.39 is 5.97 Å². The fourth-order valence-electron chi connectivity index (χ4n) is 4.27. The van der Waals surface area contributed by atoms with Crippen LogP contribution in [0.1, 0.15) is 55.8 Å². The zero-order valence-electron chi connectivity index (χ0n) is 18.3. The molecule has 5 rings (SSSR count). The van der Waals surface area contributed by atoms with E-state index in [1.807, 2.05) is 47.8 Å². The van der Waals surface area contributed by atoms with Crippen LogP contribution < -0.4 is 0 Å². The van der Waals surface area contributed by atoms with Gasteiger partial charge in [0, 0.05) is 15.8 Å². The highest BCUT2D eigenvalue weighted by Crippen LogP contribution is 2.38. The number of hydrogen-bond acceptors (Lipinski definition) is 5. The molecule has 4 nitrogen and oxygen atoms in total. The molecule has 0 atom stereocenters. The van der Waals surface area contributed by atoms with Crippen LogP contribution in [0.25, 0.3) is 22.6 Å². The van der Waals surface area contributed by atoms with Crippen LogP contribution in [0.5, 0.6) is 0 Å². The average Bonchev–Trinajstić information content (AvgIpc) is 3.51. The Morgan fingerprint density at radius 1 is 1.03 bits per heavy atom. The normalized spacial score (nSPS) is 13.9. The molecule has 2 aromatic carbocycles. The Bertz CT molecular complexity index is 1370. The molecule has 33 heavy (non-hydrogen) atoms. The Morgan fingerprint density at radius 2 is 1.85 bits per heavy atom. The molecule has 0 saturated heterocycles. The van der Waals surface area contributed by atoms with Gasteiger partial charge in [-0.2, -0.15) is 0 Å². The lowest BCUT2D eigenvalue weighted by molar-refractivity contribution is 0.0475. The highest BCUT2D eigenvalue weighted by Gasteiger charge is 2.28. The molecule has 0 N–H and O–H groups in total. The van der Waals surface area contributed by atoms with Crippen LogP contribution in [0.3, 0.4) is 0 Å². The second-order valence-electron chi connectivity index (χ2n) is 8.07. The highest BCUT2D eigenvalue weighted by molar-refractivity contribution is 7.10. The zero-order chi connectivity index (χ0) is 22.8.